The maximum absolute atomic E-state index is 13.1. The van der Waals surface area contributed by atoms with Crippen molar-refractivity contribution in [1.29, 1.82) is 0 Å². The quantitative estimate of drug-likeness (QED) is 0.728. The summed E-state index contributed by atoms with van der Waals surface area (Å²) in [6.07, 6.45) is 2.21. The Labute approximate surface area is 106 Å². The predicted octanol–water partition coefficient (Wildman–Crippen LogP) is 4.35. The minimum absolute atomic E-state index is 0.170. The number of halogens is 2. The molecule has 0 atom stereocenters. The van der Waals surface area contributed by atoms with E-state index in [1.807, 2.05) is 6.07 Å². The first-order valence-corrected chi connectivity index (χ1v) is 6.83. The molecule has 0 saturated heterocycles. The van der Waals surface area contributed by atoms with E-state index in [9.17, 15) is 4.39 Å². The van der Waals surface area contributed by atoms with Crippen molar-refractivity contribution in [3.8, 4) is 0 Å². The molecule has 0 N–H and O–H groups in total. The summed E-state index contributed by atoms with van der Waals surface area (Å²) in [6, 6.07) is 5.51. The van der Waals surface area contributed by atoms with Gasteiger partial charge in [0, 0.05) is 24.1 Å². The molecular weight excluding hydrogens is 269 g/mol. The van der Waals surface area contributed by atoms with E-state index in [1.54, 1.807) is 6.07 Å². The van der Waals surface area contributed by atoms with E-state index in [2.05, 4.69) is 41.7 Å². The zero-order chi connectivity index (χ0) is 12.1. The van der Waals surface area contributed by atoms with Gasteiger partial charge in [0.25, 0.3) is 0 Å². The predicted molar refractivity (Wildman–Crippen MR) is 71.8 cm³/mol. The van der Waals surface area contributed by atoms with E-state index in [0.29, 0.717) is 11.4 Å². The second kappa shape index (κ2) is 6.24. The Kier molecular flexibility index (Phi) is 5.26. The fourth-order valence-corrected chi connectivity index (χ4v) is 2.49. The van der Waals surface area contributed by atoms with E-state index in [4.69, 9.17) is 0 Å². The van der Waals surface area contributed by atoms with E-state index in [-0.39, 0.29) is 5.82 Å². The van der Waals surface area contributed by atoms with Gasteiger partial charge in [0.1, 0.15) is 5.82 Å². The maximum Gasteiger partial charge on any atom is 0.123 e. The molecule has 0 aliphatic heterocycles. The topological polar surface area (TPSA) is 3.24 Å². The lowest BCUT2D eigenvalue weighted by molar-refractivity contribution is 0.588. The Balaban J connectivity index is 3.02. The average molecular weight is 288 g/mol. The number of benzene rings is 1. The third-order valence-electron chi connectivity index (χ3n) is 3.06. The van der Waals surface area contributed by atoms with Crippen LogP contribution >= 0.6 is 15.9 Å². The van der Waals surface area contributed by atoms with Gasteiger partial charge >= 0.3 is 0 Å². The molecule has 0 spiro atoms. The van der Waals surface area contributed by atoms with Gasteiger partial charge < -0.3 is 4.90 Å². The molecule has 16 heavy (non-hydrogen) atoms. The highest BCUT2D eigenvalue weighted by Gasteiger charge is 2.14. The van der Waals surface area contributed by atoms with Crippen LogP contribution in [0, 0.1) is 5.82 Å². The summed E-state index contributed by atoms with van der Waals surface area (Å²) in [6.45, 7) is 4.37. The highest BCUT2D eigenvalue weighted by Crippen LogP contribution is 2.26. The summed E-state index contributed by atoms with van der Waals surface area (Å²) in [5, 5.41) is 0.685. The highest BCUT2D eigenvalue weighted by molar-refractivity contribution is 9.08. The van der Waals surface area contributed by atoms with Gasteiger partial charge in [-0.2, -0.15) is 0 Å². The molecule has 0 radical (unpaired) electrons. The molecular formula is C13H19BrFN. The Morgan fingerprint density at radius 3 is 2.44 bits per heavy atom. The lowest BCUT2D eigenvalue weighted by Crippen LogP contribution is -2.31. The lowest BCUT2D eigenvalue weighted by atomic mass is 10.1. The van der Waals surface area contributed by atoms with Crippen LogP contribution < -0.4 is 4.90 Å². The smallest absolute Gasteiger partial charge is 0.123 e. The van der Waals surface area contributed by atoms with Gasteiger partial charge in [0.15, 0.2) is 0 Å². The van der Waals surface area contributed by atoms with Crippen LogP contribution in [0.25, 0.3) is 0 Å². The summed E-state index contributed by atoms with van der Waals surface area (Å²) in [5.41, 5.74) is 2.13. The summed E-state index contributed by atoms with van der Waals surface area (Å²) >= 11 is 3.41. The van der Waals surface area contributed by atoms with E-state index in [1.165, 1.54) is 6.07 Å². The fraction of sp³-hybridized carbons (Fsp3) is 0.538. The van der Waals surface area contributed by atoms with E-state index >= 15 is 0 Å². The van der Waals surface area contributed by atoms with Crippen molar-refractivity contribution in [2.75, 3.05) is 11.9 Å². The van der Waals surface area contributed by atoms with Crippen LogP contribution in [0.5, 0.6) is 0 Å². The summed E-state index contributed by atoms with van der Waals surface area (Å²) in [5.74, 6) is -0.170. The monoisotopic (exact) mass is 287 g/mol. The molecule has 0 fully saturated rings. The van der Waals surface area contributed by atoms with Crippen molar-refractivity contribution in [3.05, 3.63) is 29.6 Å². The second-order valence-electron chi connectivity index (χ2n) is 3.99. The van der Waals surface area contributed by atoms with Crippen molar-refractivity contribution < 1.29 is 4.39 Å². The number of alkyl halides is 1. The van der Waals surface area contributed by atoms with Gasteiger partial charge in [-0.15, -0.1) is 0 Å². The molecule has 0 saturated carbocycles. The van der Waals surface area contributed by atoms with Crippen LogP contribution in [0.15, 0.2) is 18.2 Å². The number of rotatable bonds is 5. The van der Waals surface area contributed by atoms with Crippen LogP contribution in [-0.2, 0) is 5.33 Å². The standard InChI is InChI=1S/C13H19BrFN/c1-4-12(5-2)16(3)13-7-6-11(15)8-10(13)9-14/h6-8,12H,4-5,9H2,1-3H3. The molecule has 1 aromatic carbocycles. The van der Waals surface area contributed by atoms with Crippen molar-refractivity contribution in [1.82, 2.24) is 0 Å². The van der Waals surface area contributed by atoms with Gasteiger partial charge in [0.05, 0.1) is 0 Å². The number of hydrogen-bond acceptors (Lipinski definition) is 1. The molecule has 1 aromatic rings. The molecule has 0 bridgehead atoms. The van der Waals surface area contributed by atoms with Gasteiger partial charge in [-0.3, -0.25) is 0 Å². The molecule has 0 aromatic heterocycles. The summed E-state index contributed by atoms with van der Waals surface area (Å²) in [4.78, 5) is 2.25. The van der Waals surface area contributed by atoms with Crippen LogP contribution in [-0.4, -0.2) is 13.1 Å². The highest BCUT2D eigenvalue weighted by atomic mass is 79.9. The van der Waals surface area contributed by atoms with Crippen LogP contribution in [0.3, 0.4) is 0 Å². The SMILES string of the molecule is CCC(CC)N(C)c1ccc(F)cc1CBr. The van der Waals surface area contributed by atoms with Crippen molar-refractivity contribution in [3.63, 3.8) is 0 Å². The van der Waals surface area contributed by atoms with Gasteiger partial charge in [-0.05, 0) is 36.6 Å². The number of hydrogen-bond donors (Lipinski definition) is 0. The van der Waals surface area contributed by atoms with Gasteiger partial charge in [0.2, 0.25) is 0 Å². The minimum Gasteiger partial charge on any atom is -0.371 e. The van der Waals surface area contributed by atoms with Crippen LogP contribution in [0.2, 0.25) is 0 Å². The van der Waals surface area contributed by atoms with Crippen LogP contribution in [0.4, 0.5) is 10.1 Å². The first-order valence-electron chi connectivity index (χ1n) is 5.71. The maximum atomic E-state index is 13.1. The molecule has 1 rings (SSSR count). The molecule has 1 nitrogen and oxygen atoms in total. The van der Waals surface area contributed by atoms with E-state index < -0.39 is 0 Å². The first-order chi connectivity index (χ1) is 7.63. The first kappa shape index (κ1) is 13.5. The van der Waals surface area contributed by atoms with Crippen LogP contribution in [0.1, 0.15) is 32.3 Å². The number of anilines is 1. The van der Waals surface area contributed by atoms with Gasteiger partial charge in [-0.25, -0.2) is 4.39 Å². The zero-order valence-electron chi connectivity index (χ0n) is 10.1. The zero-order valence-corrected chi connectivity index (χ0v) is 11.7. The van der Waals surface area contributed by atoms with Gasteiger partial charge in [-0.1, -0.05) is 29.8 Å². The Bertz CT molecular complexity index is 337. The Hall–Kier alpha value is -0.570. The number of nitrogens with zero attached hydrogens (tertiary/aromatic N) is 1. The molecule has 0 aliphatic rings. The molecule has 0 aliphatic carbocycles. The minimum atomic E-state index is -0.170. The third-order valence-corrected chi connectivity index (χ3v) is 3.66. The van der Waals surface area contributed by atoms with Crippen molar-refractivity contribution in [2.45, 2.75) is 38.1 Å². The summed E-state index contributed by atoms with van der Waals surface area (Å²) < 4.78 is 13.1. The average Bonchev–Trinajstić information content (AvgIpc) is 2.30. The molecule has 3 heteroatoms. The van der Waals surface area contributed by atoms with Crippen molar-refractivity contribution >= 4 is 21.6 Å². The molecule has 0 heterocycles. The largest absolute Gasteiger partial charge is 0.371 e. The molecule has 0 unspecified atom stereocenters. The second-order valence-corrected chi connectivity index (χ2v) is 4.55. The Morgan fingerprint density at radius 1 is 1.31 bits per heavy atom. The summed E-state index contributed by atoms with van der Waals surface area (Å²) in [7, 11) is 2.08. The van der Waals surface area contributed by atoms with Crippen molar-refractivity contribution in [2.24, 2.45) is 0 Å². The molecule has 0 amide bonds. The van der Waals surface area contributed by atoms with E-state index in [0.717, 1.165) is 24.1 Å². The fourth-order valence-electron chi connectivity index (χ4n) is 2.04. The lowest BCUT2D eigenvalue weighted by Gasteiger charge is -2.30. The molecule has 90 valence electrons. The third kappa shape index (κ3) is 2.97. The Morgan fingerprint density at radius 2 is 1.94 bits per heavy atom. The normalized spacial score (nSPS) is 10.9.